The van der Waals surface area contributed by atoms with Crippen molar-refractivity contribution in [3.63, 3.8) is 0 Å². The molecule has 0 atom stereocenters. The van der Waals surface area contributed by atoms with Crippen molar-refractivity contribution in [2.24, 2.45) is 0 Å². The van der Waals surface area contributed by atoms with E-state index >= 15 is 0 Å². The van der Waals surface area contributed by atoms with Crippen molar-refractivity contribution < 1.29 is 9.68 Å². The Morgan fingerprint density at radius 3 is 1.29 bits per heavy atom. The van der Waals surface area contributed by atoms with Crippen molar-refractivity contribution in [1.82, 2.24) is 0 Å². The van der Waals surface area contributed by atoms with Crippen LogP contribution in [0.25, 0.3) is 0 Å². The first-order chi connectivity index (χ1) is 18.8. The van der Waals surface area contributed by atoms with E-state index in [1.54, 1.807) is 5.23 Å². The molecule has 0 heterocycles. The summed E-state index contributed by atoms with van der Waals surface area (Å²) in [7, 11) is 0. The van der Waals surface area contributed by atoms with Crippen molar-refractivity contribution >= 4 is 18.3 Å². The van der Waals surface area contributed by atoms with Crippen molar-refractivity contribution in [3.05, 3.63) is 29.8 Å². The van der Waals surface area contributed by atoms with Crippen LogP contribution in [0, 0.1) is 0 Å². The molecule has 3 nitrogen and oxygen atoms in total. The number of thiol groups is 1. The van der Waals surface area contributed by atoms with Crippen LogP contribution in [0.3, 0.4) is 0 Å². The Kier molecular flexibility index (Phi) is 25.9. The van der Waals surface area contributed by atoms with E-state index in [0.717, 1.165) is 30.7 Å². The van der Waals surface area contributed by atoms with Gasteiger partial charge in [0.25, 0.3) is 0 Å². The van der Waals surface area contributed by atoms with Crippen LogP contribution in [-0.4, -0.2) is 19.0 Å². The molecule has 0 aliphatic heterocycles. The van der Waals surface area contributed by atoms with Gasteiger partial charge in [0.05, 0.1) is 18.9 Å². The lowest BCUT2D eigenvalue weighted by Gasteiger charge is -2.25. The molecule has 0 fully saturated rings. The van der Waals surface area contributed by atoms with Gasteiger partial charge in [-0.2, -0.15) is 12.6 Å². The fraction of sp³-hybridized carbons (Fsp3) is 0.824. The van der Waals surface area contributed by atoms with Gasteiger partial charge in [0.15, 0.2) is 0 Å². The van der Waals surface area contributed by atoms with Gasteiger partial charge in [0.1, 0.15) is 0 Å². The van der Waals surface area contributed by atoms with Crippen molar-refractivity contribution in [3.8, 4) is 0 Å². The highest BCUT2D eigenvalue weighted by atomic mass is 32.1. The van der Waals surface area contributed by atoms with Crippen LogP contribution >= 0.6 is 12.6 Å². The number of rotatable bonds is 29. The first kappa shape index (κ1) is 35.3. The van der Waals surface area contributed by atoms with Gasteiger partial charge >= 0.3 is 0 Å². The molecule has 0 saturated heterocycles. The Hall–Kier alpha value is -0.710. The maximum absolute atomic E-state index is 6.19. The smallest absolute Gasteiger partial charge is 0.0979 e. The van der Waals surface area contributed by atoms with Crippen LogP contribution in [0.2, 0.25) is 0 Å². The maximum atomic E-state index is 6.19. The van der Waals surface area contributed by atoms with Crippen molar-refractivity contribution in [2.75, 3.05) is 24.2 Å². The first-order valence-electron chi connectivity index (χ1n) is 16.6. The number of benzene rings is 1. The molecule has 222 valence electrons. The second-order valence-corrected chi connectivity index (χ2v) is 11.5. The number of hydrogen-bond donors (Lipinski definition) is 1. The van der Waals surface area contributed by atoms with E-state index < -0.39 is 0 Å². The fourth-order valence-corrected chi connectivity index (χ4v) is 5.27. The zero-order chi connectivity index (χ0) is 27.4. The van der Waals surface area contributed by atoms with Crippen LogP contribution in [0.15, 0.2) is 24.3 Å². The molecule has 0 aromatic heterocycles. The highest BCUT2D eigenvalue weighted by molar-refractivity contribution is 7.80. The monoisotopic (exact) mass is 549 g/mol. The highest BCUT2D eigenvalue weighted by Crippen LogP contribution is 2.23. The minimum absolute atomic E-state index is 0.712. The molecule has 0 unspecified atom stereocenters. The van der Waals surface area contributed by atoms with E-state index in [1.165, 1.54) is 134 Å². The second-order valence-electron chi connectivity index (χ2n) is 11.1. The Morgan fingerprint density at radius 2 is 0.895 bits per heavy atom. The summed E-state index contributed by atoms with van der Waals surface area (Å²) in [5.41, 5.74) is 2.27. The number of unbranched alkanes of at least 4 members (excludes halogenated alkanes) is 20. The second kappa shape index (κ2) is 27.8. The summed E-state index contributed by atoms with van der Waals surface area (Å²) in [6, 6.07) is 8.43. The third kappa shape index (κ3) is 20.2. The maximum Gasteiger partial charge on any atom is 0.0979 e. The number of anilines is 1. The van der Waals surface area contributed by atoms with Gasteiger partial charge in [-0.25, -0.2) is 9.68 Å². The van der Waals surface area contributed by atoms with Gasteiger partial charge in [0, 0.05) is 0 Å². The zero-order valence-corrected chi connectivity index (χ0v) is 26.3. The van der Waals surface area contributed by atoms with E-state index in [9.17, 15) is 0 Å². The Morgan fingerprint density at radius 1 is 0.526 bits per heavy atom. The van der Waals surface area contributed by atoms with Crippen LogP contribution in [-0.2, 0) is 16.1 Å². The molecule has 38 heavy (non-hydrogen) atoms. The van der Waals surface area contributed by atoms with E-state index in [1.807, 2.05) is 0 Å². The molecular formula is C34H63NO2S. The minimum Gasteiger partial charge on any atom is -0.249 e. The molecule has 0 spiro atoms. The van der Waals surface area contributed by atoms with Gasteiger partial charge in [-0.3, -0.25) is 0 Å². The average molecular weight is 550 g/mol. The Balaban J connectivity index is 2.23. The molecule has 0 aliphatic rings. The highest BCUT2D eigenvalue weighted by Gasteiger charge is 2.13. The molecular weight excluding hydrogens is 486 g/mol. The molecule has 0 aliphatic carbocycles. The van der Waals surface area contributed by atoms with Gasteiger partial charge < -0.3 is 0 Å². The molecule has 1 rings (SSSR count). The third-order valence-electron chi connectivity index (χ3n) is 7.48. The zero-order valence-electron chi connectivity index (χ0n) is 25.4. The van der Waals surface area contributed by atoms with E-state index in [4.69, 9.17) is 9.68 Å². The lowest BCUT2D eigenvalue weighted by atomic mass is 10.1. The number of hydrogen-bond acceptors (Lipinski definition) is 4. The Labute approximate surface area is 243 Å². The van der Waals surface area contributed by atoms with Crippen molar-refractivity contribution in [2.45, 2.75) is 162 Å². The SMILES string of the molecule is CCCCCCCCCCCCCCON(OCCCCCCCCCCCC)c1ccccc1CCS. The number of nitrogens with zero attached hydrogens (tertiary/aromatic N) is 1. The van der Waals surface area contributed by atoms with E-state index in [0.29, 0.717) is 13.2 Å². The topological polar surface area (TPSA) is 21.7 Å². The van der Waals surface area contributed by atoms with Gasteiger partial charge in [0.2, 0.25) is 0 Å². The summed E-state index contributed by atoms with van der Waals surface area (Å²) in [5, 5.41) is 1.71. The van der Waals surface area contributed by atoms with Crippen LogP contribution in [0.1, 0.15) is 161 Å². The van der Waals surface area contributed by atoms with Gasteiger partial charge in [-0.05, 0) is 36.6 Å². The van der Waals surface area contributed by atoms with E-state index in [2.05, 4.69) is 50.7 Å². The number of para-hydroxylation sites is 1. The summed E-state index contributed by atoms with van der Waals surface area (Å²) in [4.78, 5) is 12.4. The summed E-state index contributed by atoms with van der Waals surface area (Å²) < 4.78 is 0. The Bertz CT molecular complexity index is 612. The van der Waals surface area contributed by atoms with Gasteiger partial charge in [-0.15, -0.1) is 5.23 Å². The molecule has 4 heteroatoms. The molecule has 1 aromatic carbocycles. The first-order valence-corrected chi connectivity index (χ1v) is 17.2. The van der Waals surface area contributed by atoms with Crippen molar-refractivity contribution in [1.29, 1.82) is 0 Å². The molecule has 0 amide bonds. The van der Waals surface area contributed by atoms with Gasteiger partial charge in [-0.1, -0.05) is 160 Å². The van der Waals surface area contributed by atoms with E-state index in [-0.39, 0.29) is 0 Å². The fourth-order valence-electron chi connectivity index (χ4n) is 5.02. The molecule has 1 aromatic rings. The lowest BCUT2D eigenvalue weighted by molar-refractivity contribution is -0.0917. The predicted molar refractivity (Wildman–Crippen MR) is 171 cm³/mol. The van der Waals surface area contributed by atoms with Crippen LogP contribution < -0.4 is 5.23 Å². The lowest BCUT2D eigenvalue weighted by Crippen LogP contribution is -2.26. The third-order valence-corrected chi connectivity index (χ3v) is 7.71. The normalized spacial score (nSPS) is 11.3. The molecule has 0 radical (unpaired) electrons. The quantitative estimate of drug-likeness (QED) is 0.0610. The van der Waals surface area contributed by atoms with Crippen LogP contribution in [0.4, 0.5) is 5.69 Å². The predicted octanol–water partition coefficient (Wildman–Crippen LogP) is 11.5. The molecule has 0 saturated carbocycles. The number of aryl methyl sites for hydroxylation is 1. The van der Waals surface area contributed by atoms with Crippen LogP contribution in [0.5, 0.6) is 0 Å². The largest absolute Gasteiger partial charge is 0.249 e. The molecule has 0 N–H and O–H groups in total. The standard InChI is InChI=1S/C34H63NO2S/c1-3-5-7-9-11-13-15-16-18-20-22-26-31-37-35(34-28-24-23-27-33(34)29-32-38)36-30-25-21-19-17-14-12-10-8-6-4-2/h23-24,27-28,38H,3-22,25-26,29-32H2,1-2H3. The summed E-state index contributed by atoms with van der Waals surface area (Å²) >= 11 is 4.46. The average Bonchev–Trinajstić information content (AvgIpc) is 2.93. The molecule has 0 bridgehead atoms. The summed E-state index contributed by atoms with van der Waals surface area (Å²) in [5.74, 6) is 0.821. The summed E-state index contributed by atoms with van der Waals surface area (Å²) in [6.07, 6.45) is 30.5. The minimum atomic E-state index is 0.712. The summed E-state index contributed by atoms with van der Waals surface area (Å²) in [6.45, 7) is 6.00.